The third-order valence-corrected chi connectivity index (χ3v) is 8.18. The molecule has 210 valence electrons. The maximum Gasteiger partial charge on any atom is 0.235 e. The zero-order valence-corrected chi connectivity index (χ0v) is 25.2. The first-order valence-electron chi connectivity index (χ1n) is 13.2. The highest BCUT2D eigenvalue weighted by atomic mass is 79.9. The lowest BCUT2D eigenvalue weighted by atomic mass is 9.61. The molecule has 0 heterocycles. The number of halogens is 1. The van der Waals surface area contributed by atoms with E-state index in [0.29, 0.717) is 27.2 Å². The molecule has 0 radical (unpaired) electrons. The van der Waals surface area contributed by atoms with E-state index >= 15 is 0 Å². The van der Waals surface area contributed by atoms with Crippen LogP contribution in [0.1, 0.15) is 47.1 Å². The van der Waals surface area contributed by atoms with Crippen LogP contribution in [0.4, 0.5) is 11.4 Å². The van der Waals surface area contributed by atoms with Crippen molar-refractivity contribution in [2.75, 3.05) is 17.7 Å². The summed E-state index contributed by atoms with van der Waals surface area (Å²) < 4.78 is 6.33. The predicted octanol–water partition coefficient (Wildman–Crippen LogP) is 6.01. The Balaban J connectivity index is 1.86. The summed E-state index contributed by atoms with van der Waals surface area (Å²) >= 11 is 3.49. The largest absolute Gasteiger partial charge is 0.496 e. The molecule has 3 N–H and O–H groups in total. The van der Waals surface area contributed by atoms with E-state index in [9.17, 15) is 19.5 Å². The van der Waals surface area contributed by atoms with E-state index in [1.54, 1.807) is 18.2 Å². The molecule has 0 bridgehead atoms. The number of ether oxygens (including phenoxy) is 1. The molecule has 8 heteroatoms. The van der Waals surface area contributed by atoms with Gasteiger partial charge in [0.05, 0.1) is 18.6 Å². The molecule has 1 aliphatic rings. The number of Topliss-reactive ketones (excluding diaryl/α,β-unsaturated/α-hetero) is 1. The zero-order valence-electron chi connectivity index (χ0n) is 23.6. The van der Waals surface area contributed by atoms with Crippen molar-refractivity contribution in [3.05, 3.63) is 86.9 Å². The van der Waals surface area contributed by atoms with Crippen molar-refractivity contribution >= 4 is 44.9 Å². The Kier molecular flexibility index (Phi) is 8.52. The van der Waals surface area contributed by atoms with Crippen LogP contribution in [-0.2, 0) is 14.4 Å². The molecule has 7 nitrogen and oxygen atoms in total. The molecule has 0 saturated heterocycles. The van der Waals surface area contributed by atoms with Crippen molar-refractivity contribution in [2.24, 2.45) is 11.8 Å². The van der Waals surface area contributed by atoms with Crippen LogP contribution in [0.25, 0.3) is 0 Å². The summed E-state index contributed by atoms with van der Waals surface area (Å²) in [6.45, 7) is 9.08. The van der Waals surface area contributed by atoms with Gasteiger partial charge in [-0.05, 0) is 87.2 Å². The summed E-state index contributed by atoms with van der Waals surface area (Å²) in [4.78, 5) is 41.7. The number of carbonyl (C=O) groups is 3. The van der Waals surface area contributed by atoms with Crippen LogP contribution in [0, 0.1) is 39.5 Å². The van der Waals surface area contributed by atoms with E-state index in [2.05, 4.69) is 26.6 Å². The summed E-state index contributed by atoms with van der Waals surface area (Å²) in [7, 11) is 1.49. The van der Waals surface area contributed by atoms with E-state index in [0.717, 1.165) is 22.3 Å². The maximum atomic E-state index is 14.1. The minimum atomic E-state index is -1.73. The summed E-state index contributed by atoms with van der Waals surface area (Å²) in [6.07, 6.45) is -0.352. The van der Waals surface area contributed by atoms with E-state index in [1.165, 1.54) is 14.0 Å². The molecule has 3 aromatic carbocycles. The van der Waals surface area contributed by atoms with E-state index < -0.39 is 41.0 Å². The molecule has 0 aromatic heterocycles. The molecule has 4 atom stereocenters. The second-order valence-electron chi connectivity index (χ2n) is 11.0. The monoisotopic (exact) mass is 606 g/mol. The lowest BCUT2D eigenvalue weighted by Crippen LogP contribution is -2.56. The molecule has 3 aromatic rings. The molecule has 4 rings (SSSR count). The van der Waals surface area contributed by atoms with Crippen LogP contribution in [0.5, 0.6) is 5.75 Å². The number of hydrogen-bond donors (Lipinski definition) is 3. The minimum Gasteiger partial charge on any atom is -0.496 e. The molecular weight excluding hydrogens is 572 g/mol. The number of methoxy groups -OCH3 is 1. The van der Waals surface area contributed by atoms with Gasteiger partial charge < -0.3 is 20.5 Å². The van der Waals surface area contributed by atoms with Crippen LogP contribution < -0.4 is 15.4 Å². The summed E-state index contributed by atoms with van der Waals surface area (Å²) in [5.41, 5.74) is 3.55. The Hall–Kier alpha value is -3.49. The van der Waals surface area contributed by atoms with Gasteiger partial charge in [-0.15, -0.1) is 0 Å². The molecule has 40 heavy (non-hydrogen) atoms. The van der Waals surface area contributed by atoms with E-state index in [-0.39, 0.29) is 6.42 Å². The van der Waals surface area contributed by atoms with Gasteiger partial charge >= 0.3 is 0 Å². The standard InChI is InChI=1S/C32H35BrN2O5/c1-17-7-9-19(3)23(13-17)34-30(37)28-25(36)16-32(5,39)29(27(28)22-15-21(33)11-12-26(22)40-6)31(38)35-24-14-18(2)8-10-20(24)4/h7-15,27-29,39H,16H2,1-6H3,(H,34,37)(H,35,38). The number of benzene rings is 3. The molecule has 1 saturated carbocycles. The summed E-state index contributed by atoms with van der Waals surface area (Å²) in [6, 6.07) is 16.6. The Morgan fingerprint density at radius 1 is 0.900 bits per heavy atom. The van der Waals surface area contributed by atoms with Gasteiger partial charge in [0.1, 0.15) is 17.5 Å². The predicted molar refractivity (Wildman–Crippen MR) is 160 cm³/mol. The second kappa shape index (κ2) is 11.6. The SMILES string of the molecule is COc1ccc(Br)cc1C1C(C(=O)Nc2cc(C)ccc2C)C(=O)CC(C)(O)C1C(=O)Nc1cc(C)ccc1C. The third kappa shape index (κ3) is 5.98. The van der Waals surface area contributed by atoms with Crippen LogP contribution >= 0.6 is 15.9 Å². The number of nitrogens with one attached hydrogen (secondary N) is 2. The first-order chi connectivity index (χ1) is 18.8. The molecular formula is C32H35BrN2O5. The van der Waals surface area contributed by atoms with Crippen LogP contribution in [-0.4, -0.2) is 35.4 Å². The molecule has 4 unspecified atom stereocenters. The fraction of sp³-hybridized carbons (Fsp3) is 0.344. The molecule has 1 aliphatic carbocycles. The van der Waals surface area contributed by atoms with Gasteiger partial charge in [-0.3, -0.25) is 14.4 Å². The van der Waals surface area contributed by atoms with Crippen molar-refractivity contribution in [3.63, 3.8) is 0 Å². The van der Waals surface area contributed by atoms with E-state index in [1.807, 2.05) is 64.1 Å². The summed E-state index contributed by atoms with van der Waals surface area (Å²) in [5.74, 6) is -4.48. The van der Waals surface area contributed by atoms with Gasteiger partial charge in [-0.2, -0.15) is 0 Å². The van der Waals surface area contributed by atoms with Gasteiger partial charge in [0, 0.05) is 33.7 Å². The zero-order chi connectivity index (χ0) is 29.4. The Morgan fingerprint density at radius 2 is 1.45 bits per heavy atom. The highest BCUT2D eigenvalue weighted by Gasteiger charge is 2.56. The van der Waals surface area contributed by atoms with Crippen LogP contribution in [0.15, 0.2) is 59.1 Å². The summed E-state index contributed by atoms with van der Waals surface area (Å²) in [5, 5.41) is 17.6. The number of ketones is 1. The van der Waals surface area contributed by atoms with Crippen molar-refractivity contribution in [1.29, 1.82) is 0 Å². The maximum absolute atomic E-state index is 14.1. The number of anilines is 2. The van der Waals surface area contributed by atoms with Gasteiger partial charge in [0.25, 0.3) is 0 Å². The minimum absolute atomic E-state index is 0.352. The molecule has 0 aliphatic heterocycles. The number of aliphatic hydroxyl groups is 1. The average Bonchev–Trinajstić information content (AvgIpc) is 2.87. The Morgan fingerprint density at radius 3 is 2.00 bits per heavy atom. The van der Waals surface area contributed by atoms with E-state index in [4.69, 9.17) is 4.74 Å². The Labute approximate surface area is 243 Å². The number of carbonyl (C=O) groups excluding carboxylic acids is 3. The van der Waals surface area contributed by atoms with Gasteiger partial charge in [-0.25, -0.2) is 0 Å². The normalized spacial score (nSPS) is 22.5. The molecule has 2 amide bonds. The molecule has 1 fully saturated rings. The fourth-order valence-corrected chi connectivity index (χ4v) is 5.97. The van der Waals surface area contributed by atoms with Crippen molar-refractivity contribution in [2.45, 2.75) is 52.6 Å². The first kappa shape index (κ1) is 29.5. The van der Waals surface area contributed by atoms with Gasteiger partial charge in [0.15, 0.2) is 0 Å². The highest BCUT2D eigenvalue weighted by Crippen LogP contribution is 2.49. The smallest absolute Gasteiger partial charge is 0.235 e. The first-order valence-corrected chi connectivity index (χ1v) is 14.0. The van der Waals surface area contributed by atoms with Crippen molar-refractivity contribution < 1.29 is 24.2 Å². The lowest BCUT2D eigenvalue weighted by Gasteiger charge is -2.44. The lowest BCUT2D eigenvalue weighted by molar-refractivity contribution is -0.150. The van der Waals surface area contributed by atoms with Gasteiger partial charge in [0.2, 0.25) is 11.8 Å². The number of aryl methyl sites for hydroxylation is 4. The number of rotatable bonds is 6. The number of amides is 2. The average molecular weight is 608 g/mol. The second-order valence-corrected chi connectivity index (χ2v) is 11.9. The Bertz CT molecular complexity index is 1480. The highest BCUT2D eigenvalue weighted by molar-refractivity contribution is 9.10. The number of hydrogen-bond acceptors (Lipinski definition) is 5. The quantitative estimate of drug-likeness (QED) is 0.298. The van der Waals surface area contributed by atoms with Crippen LogP contribution in [0.2, 0.25) is 0 Å². The topological polar surface area (TPSA) is 105 Å². The fourth-order valence-electron chi connectivity index (χ4n) is 5.59. The van der Waals surface area contributed by atoms with Crippen LogP contribution in [0.3, 0.4) is 0 Å². The van der Waals surface area contributed by atoms with Crippen molar-refractivity contribution in [3.8, 4) is 5.75 Å². The third-order valence-electron chi connectivity index (χ3n) is 7.68. The van der Waals surface area contributed by atoms with Gasteiger partial charge in [-0.1, -0.05) is 40.2 Å². The molecule has 0 spiro atoms. The van der Waals surface area contributed by atoms with Crippen molar-refractivity contribution in [1.82, 2.24) is 0 Å².